The van der Waals surface area contributed by atoms with Crippen LogP contribution in [0.15, 0.2) is 36.8 Å². The first-order chi connectivity index (χ1) is 14.7. The van der Waals surface area contributed by atoms with Crippen LogP contribution >= 0.6 is 0 Å². The van der Waals surface area contributed by atoms with Crippen molar-refractivity contribution in [2.24, 2.45) is 0 Å². The zero-order valence-corrected chi connectivity index (χ0v) is 16.5. The van der Waals surface area contributed by atoms with Crippen molar-refractivity contribution in [3.63, 3.8) is 0 Å². The number of morpholine rings is 1. The van der Waals surface area contributed by atoms with Gasteiger partial charge in [-0.2, -0.15) is 5.10 Å². The molecule has 1 unspecified atom stereocenters. The Morgan fingerprint density at radius 2 is 2.17 bits per heavy atom. The third kappa shape index (κ3) is 3.46. The van der Waals surface area contributed by atoms with E-state index in [1.165, 1.54) is 6.20 Å². The van der Waals surface area contributed by atoms with Gasteiger partial charge in [-0.3, -0.25) is 4.79 Å². The number of carbonyl (C=O) groups is 1. The molecule has 1 saturated heterocycles. The van der Waals surface area contributed by atoms with Gasteiger partial charge in [0, 0.05) is 31.5 Å². The second kappa shape index (κ2) is 7.92. The summed E-state index contributed by atoms with van der Waals surface area (Å²) in [7, 11) is 0. The number of carbonyl (C=O) groups excluding carboxylic acids is 1. The van der Waals surface area contributed by atoms with E-state index in [-0.39, 0.29) is 18.6 Å². The number of benzene rings is 1. The van der Waals surface area contributed by atoms with E-state index in [0.717, 1.165) is 48.6 Å². The quantitative estimate of drug-likeness (QED) is 0.673. The van der Waals surface area contributed by atoms with Gasteiger partial charge in [-0.15, -0.1) is 0 Å². The highest BCUT2D eigenvalue weighted by molar-refractivity contribution is 6.09. The zero-order valence-electron chi connectivity index (χ0n) is 16.5. The predicted molar refractivity (Wildman–Crippen MR) is 110 cm³/mol. The fraction of sp³-hybridized carbons (Fsp3) is 0.381. The first kappa shape index (κ1) is 18.8. The Kier molecular flexibility index (Phi) is 4.97. The number of fused-ring (bicyclic) bond motifs is 2. The highest BCUT2D eigenvalue weighted by Gasteiger charge is 2.25. The molecular formula is C21H23N5O4. The lowest BCUT2D eigenvalue weighted by Crippen LogP contribution is -2.37. The number of aromatic nitrogens is 3. The number of hydrogen-bond donors (Lipinski definition) is 2. The smallest absolute Gasteiger partial charge is 0.261 e. The number of aryl methyl sites for hydroxylation is 1. The number of rotatable bonds is 4. The largest absolute Gasteiger partial charge is 0.488 e. The number of anilines is 2. The molecule has 1 fully saturated rings. The molecule has 9 heteroatoms. The molecule has 2 aliphatic heterocycles. The van der Waals surface area contributed by atoms with Gasteiger partial charge in [0.05, 0.1) is 37.4 Å². The summed E-state index contributed by atoms with van der Waals surface area (Å²) in [6, 6.07) is 5.71. The molecule has 0 radical (unpaired) electrons. The molecule has 156 valence electrons. The van der Waals surface area contributed by atoms with Gasteiger partial charge in [0.1, 0.15) is 17.4 Å². The average Bonchev–Trinajstić information content (AvgIpc) is 3.23. The first-order valence-corrected chi connectivity index (χ1v) is 10.1. The molecule has 30 heavy (non-hydrogen) atoms. The normalized spacial score (nSPS) is 18.7. The zero-order chi connectivity index (χ0) is 20.5. The van der Waals surface area contributed by atoms with Gasteiger partial charge >= 0.3 is 0 Å². The minimum atomic E-state index is -0.261. The molecule has 1 aromatic carbocycles. The minimum Gasteiger partial charge on any atom is -0.488 e. The summed E-state index contributed by atoms with van der Waals surface area (Å²) in [4.78, 5) is 19.5. The molecule has 2 aromatic heterocycles. The van der Waals surface area contributed by atoms with E-state index >= 15 is 0 Å². The molecule has 1 amide bonds. The maximum absolute atomic E-state index is 13.1. The van der Waals surface area contributed by atoms with Crippen molar-refractivity contribution in [3.05, 3.63) is 47.9 Å². The van der Waals surface area contributed by atoms with Crippen molar-refractivity contribution < 1.29 is 19.4 Å². The average molecular weight is 409 g/mol. The van der Waals surface area contributed by atoms with Crippen molar-refractivity contribution in [1.29, 1.82) is 0 Å². The second-order valence-electron chi connectivity index (χ2n) is 7.44. The predicted octanol–water partition coefficient (Wildman–Crippen LogP) is 1.50. The summed E-state index contributed by atoms with van der Waals surface area (Å²) in [6.07, 6.45) is 6.25. The van der Waals surface area contributed by atoms with E-state index in [1.54, 1.807) is 23.0 Å². The molecule has 0 bridgehead atoms. The Morgan fingerprint density at radius 3 is 3.00 bits per heavy atom. The van der Waals surface area contributed by atoms with E-state index < -0.39 is 0 Å². The number of nitrogens with one attached hydrogen (secondary N) is 1. The monoisotopic (exact) mass is 409 g/mol. The third-order valence-corrected chi connectivity index (χ3v) is 5.54. The van der Waals surface area contributed by atoms with Crippen LogP contribution < -0.4 is 15.0 Å². The lowest BCUT2D eigenvalue weighted by Gasteiger charge is -2.33. The molecule has 1 atom stereocenters. The Morgan fingerprint density at radius 1 is 1.30 bits per heavy atom. The summed E-state index contributed by atoms with van der Waals surface area (Å²) in [5.41, 5.74) is 3.55. The van der Waals surface area contributed by atoms with E-state index in [0.29, 0.717) is 24.4 Å². The summed E-state index contributed by atoms with van der Waals surface area (Å²) in [5.74, 6) is 0.501. The first-order valence-electron chi connectivity index (χ1n) is 10.1. The number of ether oxygens (including phenoxy) is 2. The fourth-order valence-corrected chi connectivity index (χ4v) is 3.95. The van der Waals surface area contributed by atoms with Crippen LogP contribution in [0.2, 0.25) is 0 Å². The van der Waals surface area contributed by atoms with Crippen LogP contribution in [0.4, 0.5) is 11.4 Å². The molecule has 5 rings (SSSR count). The van der Waals surface area contributed by atoms with Crippen LogP contribution in [-0.2, 0) is 11.2 Å². The number of aliphatic hydroxyl groups excluding tert-OH is 1. The number of aliphatic hydroxyl groups is 1. The molecule has 3 aromatic rings. The molecule has 4 heterocycles. The van der Waals surface area contributed by atoms with Crippen LogP contribution in [-0.4, -0.2) is 64.6 Å². The molecule has 9 nitrogen and oxygen atoms in total. The second-order valence-corrected chi connectivity index (χ2v) is 7.44. The van der Waals surface area contributed by atoms with Gasteiger partial charge in [0.25, 0.3) is 5.91 Å². The topological polar surface area (TPSA) is 101 Å². The highest BCUT2D eigenvalue weighted by atomic mass is 16.5. The van der Waals surface area contributed by atoms with Crippen LogP contribution in [0, 0.1) is 0 Å². The van der Waals surface area contributed by atoms with E-state index in [1.807, 2.05) is 12.1 Å². The maximum Gasteiger partial charge on any atom is 0.261 e. The van der Waals surface area contributed by atoms with E-state index in [4.69, 9.17) is 9.47 Å². The maximum atomic E-state index is 13.1. The summed E-state index contributed by atoms with van der Waals surface area (Å²) in [6.45, 7) is 2.70. The van der Waals surface area contributed by atoms with Crippen LogP contribution in [0.1, 0.15) is 22.3 Å². The van der Waals surface area contributed by atoms with Crippen molar-refractivity contribution >= 4 is 22.9 Å². The minimum absolute atomic E-state index is 0.00740. The van der Waals surface area contributed by atoms with Crippen LogP contribution in [0.25, 0.3) is 5.65 Å². The van der Waals surface area contributed by atoms with Gasteiger partial charge in [-0.05, 0) is 30.5 Å². The van der Waals surface area contributed by atoms with Gasteiger partial charge < -0.3 is 24.8 Å². The lowest BCUT2D eigenvalue weighted by atomic mass is 10.0. The van der Waals surface area contributed by atoms with Gasteiger partial charge in [0.15, 0.2) is 5.65 Å². The lowest BCUT2D eigenvalue weighted by molar-refractivity contribution is 0.0977. The Balaban J connectivity index is 1.50. The molecule has 0 saturated carbocycles. The Hall–Kier alpha value is -3.17. The number of amides is 1. The Bertz CT molecular complexity index is 1080. The summed E-state index contributed by atoms with van der Waals surface area (Å²) in [5, 5.41) is 16.7. The van der Waals surface area contributed by atoms with Crippen molar-refractivity contribution in [2.75, 3.05) is 43.1 Å². The fourth-order valence-electron chi connectivity index (χ4n) is 3.95. The molecular weight excluding hydrogens is 386 g/mol. The standard InChI is InChI=1S/C21H23N5O4/c27-13-15-3-2-14-10-17(18(11-19(14)30-15)25-6-8-29-9-7-25)24-21(28)16-12-23-26-5-1-4-22-20(16)26/h1,4-5,10-12,15,27H,2-3,6-9,13H2,(H,24,28). The summed E-state index contributed by atoms with van der Waals surface area (Å²) < 4.78 is 13.0. The van der Waals surface area contributed by atoms with Crippen molar-refractivity contribution in [2.45, 2.75) is 18.9 Å². The molecule has 2 N–H and O–H groups in total. The van der Waals surface area contributed by atoms with E-state index in [2.05, 4.69) is 20.3 Å². The van der Waals surface area contributed by atoms with Crippen LogP contribution in [0.5, 0.6) is 5.75 Å². The number of hydrogen-bond acceptors (Lipinski definition) is 7. The number of nitrogens with zero attached hydrogens (tertiary/aromatic N) is 4. The van der Waals surface area contributed by atoms with Gasteiger partial charge in [-0.1, -0.05) is 0 Å². The van der Waals surface area contributed by atoms with Crippen molar-refractivity contribution in [1.82, 2.24) is 14.6 Å². The summed E-state index contributed by atoms with van der Waals surface area (Å²) >= 11 is 0. The third-order valence-electron chi connectivity index (χ3n) is 5.54. The van der Waals surface area contributed by atoms with Gasteiger partial charge in [0.2, 0.25) is 0 Å². The molecule has 0 aliphatic carbocycles. The van der Waals surface area contributed by atoms with Crippen LogP contribution in [0.3, 0.4) is 0 Å². The van der Waals surface area contributed by atoms with Gasteiger partial charge in [-0.25, -0.2) is 9.50 Å². The SMILES string of the molecule is O=C(Nc1cc2c(cc1N1CCOCC1)OC(CO)CC2)c1cnn2cccnc12. The highest BCUT2D eigenvalue weighted by Crippen LogP contribution is 2.38. The molecule has 2 aliphatic rings. The van der Waals surface area contributed by atoms with Crippen molar-refractivity contribution in [3.8, 4) is 5.75 Å². The molecule has 0 spiro atoms. The van der Waals surface area contributed by atoms with E-state index in [9.17, 15) is 9.90 Å². The Labute approximate surface area is 173 Å².